The maximum Gasteiger partial charge on any atom is 0.341 e. The standard InChI is InChI=1S/C26H31NO7/c1-5-33-23(29)7-6-10-34-22-11-16-15-8-9-26(2,3)24(15)27-14-18(25(30)31)20(28)13-19(27)17(16)12-21(22)32-4/h11-15,24H,5-10H2,1-4H3,(H,30,31)/t15-,24+/m0/s1. The molecular weight excluding hydrogens is 438 g/mol. The van der Waals surface area contributed by atoms with Gasteiger partial charge in [0.15, 0.2) is 16.9 Å². The molecule has 8 heteroatoms. The van der Waals surface area contributed by atoms with Gasteiger partial charge in [-0.15, -0.1) is 0 Å². The normalized spacial score (nSPS) is 19.5. The highest BCUT2D eigenvalue weighted by Crippen LogP contribution is 2.59. The van der Waals surface area contributed by atoms with E-state index in [-0.39, 0.29) is 35.3 Å². The van der Waals surface area contributed by atoms with Gasteiger partial charge in [-0.2, -0.15) is 0 Å². The summed E-state index contributed by atoms with van der Waals surface area (Å²) in [6, 6.07) is 5.28. The van der Waals surface area contributed by atoms with Gasteiger partial charge in [0.2, 0.25) is 0 Å². The highest BCUT2D eigenvalue weighted by molar-refractivity contribution is 5.88. The Morgan fingerprint density at radius 3 is 2.65 bits per heavy atom. The predicted molar refractivity (Wildman–Crippen MR) is 126 cm³/mol. The Balaban J connectivity index is 1.75. The number of fused-ring (bicyclic) bond motifs is 6. The Morgan fingerprint density at radius 2 is 1.97 bits per heavy atom. The number of aromatic carboxylic acids is 1. The van der Waals surface area contributed by atoms with E-state index >= 15 is 0 Å². The molecule has 1 aliphatic carbocycles. The van der Waals surface area contributed by atoms with Crippen LogP contribution in [-0.4, -0.2) is 41.9 Å². The van der Waals surface area contributed by atoms with Crippen LogP contribution in [0.4, 0.5) is 0 Å². The molecular formula is C26H31NO7. The van der Waals surface area contributed by atoms with E-state index in [9.17, 15) is 19.5 Å². The number of pyridine rings is 1. The fourth-order valence-corrected chi connectivity index (χ4v) is 5.44. The lowest BCUT2D eigenvalue weighted by Crippen LogP contribution is -2.32. The van der Waals surface area contributed by atoms with E-state index in [4.69, 9.17) is 14.2 Å². The van der Waals surface area contributed by atoms with Crippen molar-refractivity contribution in [3.63, 3.8) is 0 Å². The largest absolute Gasteiger partial charge is 0.493 e. The highest BCUT2D eigenvalue weighted by Gasteiger charge is 2.47. The van der Waals surface area contributed by atoms with Crippen LogP contribution in [0.2, 0.25) is 0 Å². The Labute approximate surface area is 198 Å². The van der Waals surface area contributed by atoms with Gasteiger partial charge in [-0.05, 0) is 49.3 Å². The smallest absolute Gasteiger partial charge is 0.341 e. The molecule has 0 unspecified atom stereocenters. The van der Waals surface area contributed by atoms with Crippen LogP contribution in [0.15, 0.2) is 29.2 Å². The number of carboxylic acids is 1. The van der Waals surface area contributed by atoms with Crippen molar-refractivity contribution in [2.24, 2.45) is 5.41 Å². The zero-order valence-electron chi connectivity index (χ0n) is 20.1. The maximum atomic E-state index is 12.6. The minimum absolute atomic E-state index is 0.0127. The van der Waals surface area contributed by atoms with Crippen LogP contribution in [-0.2, 0) is 9.53 Å². The number of carboxylic acid groups (broad SMARTS) is 1. The van der Waals surface area contributed by atoms with Crippen LogP contribution in [0.5, 0.6) is 11.5 Å². The van der Waals surface area contributed by atoms with Crippen molar-refractivity contribution in [1.29, 1.82) is 0 Å². The van der Waals surface area contributed by atoms with Crippen LogP contribution in [0, 0.1) is 5.41 Å². The first-order chi connectivity index (χ1) is 16.2. The van der Waals surface area contributed by atoms with Gasteiger partial charge in [0, 0.05) is 36.2 Å². The van der Waals surface area contributed by atoms with Crippen molar-refractivity contribution >= 4 is 11.9 Å². The zero-order chi connectivity index (χ0) is 24.6. The number of carbonyl (C=O) groups is 2. The lowest BCUT2D eigenvalue weighted by molar-refractivity contribution is -0.143. The van der Waals surface area contributed by atoms with Gasteiger partial charge in [-0.3, -0.25) is 9.59 Å². The molecule has 0 spiro atoms. The average Bonchev–Trinajstić information content (AvgIpc) is 3.11. The molecule has 2 aliphatic rings. The number of aromatic nitrogens is 1. The Bertz CT molecular complexity index is 1180. The average molecular weight is 470 g/mol. The summed E-state index contributed by atoms with van der Waals surface area (Å²) < 4.78 is 18.5. The molecule has 2 heterocycles. The van der Waals surface area contributed by atoms with Crippen molar-refractivity contribution in [2.45, 2.75) is 58.4 Å². The first kappa shape index (κ1) is 23.9. The number of esters is 1. The van der Waals surface area contributed by atoms with E-state index in [0.29, 0.717) is 36.8 Å². The molecule has 1 aromatic carbocycles. The third kappa shape index (κ3) is 4.17. The third-order valence-electron chi connectivity index (χ3n) is 6.99. The molecule has 8 nitrogen and oxygen atoms in total. The fraction of sp³-hybridized carbons (Fsp3) is 0.500. The molecule has 2 aromatic rings. The molecule has 4 rings (SSSR count). The van der Waals surface area contributed by atoms with Crippen molar-refractivity contribution in [1.82, 2.24) is 4.57 Å². The van der Waals surface area contributed by atoms with Gasteiger partial charge in [0.1, 0.15) is 5.56 Å². The molecule has 1 saturated carbocycles. The van der Waals surface area contributed by atoms with Gasteiger partial charge in [0.25, 0.3) is 0 Å². The van der Waals surface area contributed by atoms with E-state index in [1.54, 1.807) is 14.0 Å². The fourth-order valence-electron chi connectivity index (χ4n) is 5.44. The number of carbonyl (C=O) groups excluding carboxylic acids is 1. The summed E-state index contributed by atoms with van der Waals surface area (Å²) in [6.07, 6.45) is 4.21. The van der Waals surface area contributed by atoms with E-state index in [0.717, 1.165) is 24.0 Å². The van der Waals surface area contributed by atoms with Crippen molar-refractivity contribution in [3.05, 3.63) is 45.7 Å². The van der Waals surface area contributed by atoms with Crippen LogP contribution >= 0.6 is 0 Å². The summed E-state index contributed by atoms with van der Waals surface area (Å²) in [6.45, 7) is 6.84. The van der Waals surface area contributed by atoms with Gasteiger partial charge >= 0.3 is 11.9 Å². The molecule has 1 N–H and O–H groups in total. The molecule has 0 bridgehead atoms. The molecule has 0 amide bonds. The lowest BCUT2D eigenvalue weighted by atomic mass is 9.77. The number of rotatable bonds is 8. The van der Waals surface area contributed by atoms with Gasteiger partial charge in [-0.25, -0.2) is 4.79 Å². The van der Waals surface area contributed by atoms with Crippen molar-refractivity contribution in [3.8, 4) is 22.8 Å². The van der Waals surface area contributed by atoms with Crippen molar-refractivity contribution < 1.29 is 28.9 Å². The number of benzene rings is 1. The van der Waals surface area contributed by atoms with Crippen LogP contribution in [0.1, 0.15) is 74.3 Å². The molecule has 1 aliphatic heterocycles. The quantitative estimate of drug-likeness (QED) is 0.451. The van der Waals surface area contributed by atoms with Crippen LogP contribution in [0.25, 0.3) is 11.3 Å². The van der Waals surface area contributed by atoms with Crippen LogP contribution in [0.3, 0.4) is 0 Å². The first-order valence-corrected chi connectivity index (χ1v) is 11.7. The molecule has 1 fully saturated rings. The summed E-state index contributed by atoms with van der Waals surface area (Å²) in [4.78, 5) is 35.9. The first-order valence-electron chi connectivity index (χ1n) is 11.7. The summed E-state index contributed by atoms with van der Waals surface area (Å²) in [7, 11) is 1.55. The molecule has 1 aromatic heterocycles. The Morgan fingerprint density at radius 1 is 1.21 bits per heavy atom. The molecule has 0 radical (unpaired) electrons. The molecule has 0 saturated heterocycles. The molecule has 2 atom stereocenters. The number of methoxy groups -OCH3 is 1. The third-order valence-corrected chi connectivity index (χ3v) is 6.99. The predicted octanol–water partition coefficient (Wildman–Crippen LogP) is 4.40. The lowest BCUT2D eigenvalue weighted by Gasteiger charge is -2.40. The van der Waals surface area contributed by atoms with Crippen LogP contribution < -0.4 is 14.9 Å². The summed E-state index contributed by atoms with van der Waals surface area (Å²) in [5.41, 5.74) is 1.79. The minimum Gasteiger partial charge on any atom is -0.493 e. The second-order valence-electron chi connectivity index (χ2n) is 9.57. The van der Waals surface area contributed by atoms with Gasteiger partial charge in [-0.1, -0.05) is 13.8 Å². The van der Waals surface area contributed by atoms with E-state index in [1.807, 2.05) is 16.7 Å². The molecule has 34 heavy (non-hydrogen) atoms. The Hall–Kier alpha value is -3.29. The number of hydrogen-bond donors (Lipinski definition) is 1. The van der Waals surface area contributed by atoms with E-state index in [2.05, 4.69) is 13.8 Å². The molecule has 182 valence electrons. The minimum atomic E-state index is -1.22. The van der Waals surface area contributed by atoms with E-state index < -0.39 is 11.4 Å². The maximum absolute atomic E-state index is 12.6. The SMILES string of the molecule is CCOC(=O)CCCOc1cc2c(cc1OC)-c1cc(=O)c(C(=O)O)cn1[C@@H]1[C@H]2CCC1(C)C. The number of nitrogens with zero attached hydrogens (tertiary/aromatic N) is 1. The summed E-state index contributed by atoms with van der Waals surface area (Å²) >= 11 is 0. The summed E-state index contributed by atoms with van der Waals surface area (Å²) in [5.74, 6) is -0.210. The monoisotopic (exact) mass is 469 g/mol. The van der Waals surface area contributed by atoms with Gasteiger partial charge < -0.3 is 23.9 Å². The number of hydrogen-bond acceptors (Lipinski definition) is 6. The van der Waals surface area contributed by atoms with Crippen molar-refractivity contribution in [2.75, 3.05) is 20.3 Å². The van der Waals surface area contributed by atoms with Gasteiger partial charge in [0.05, 0.1) is 26.0 Å². The zero-order valence-corrected chi connectivity index (χ0v) is 20.1. The number of ether oxygens (including phenoxy) is 3. The topological polar surface area (TPSA) is 104 Å². The Kier molecular flexibility index (Phi) is 6.43. The highest BCUT2D eigenvalue weighted by atomic mass is 16.5. The summed E-state index contributed by atoms with van der Waals surface area (Å²) in [5, 5.41) is 9.54. The van der Waals surface area contributed by atoms with E-state index in [1.165, 1.54) is 12.3 Å². The second kappa shape index (κ2) is 9.16. The second-order valence-corrected chi connectivity index (χ2v) is 9.57.